The summed E-state index contributed by atoms with van der Waals surface area (Å²) in [5, 5.41) is 16.8. The number of hydrogen-bond donors (Lipinski definition) is 7. The van der Waals surface area contributed by atoms with Crippen molar-refractivity contribution in [2.75, 3.05) is 6.54 Å². The van der Waals surface area contributed by atoms with Crippen molar-refractivity contribution in [1.82, 2.24) is 16.0 Å². The van der Waals surface area contributed by atoms with Crippen molar-refractivity contribution in [2.24, 2.45) is 29.0 Å². The minimum atomic E-state index is -1.34. The zero-order chi connectivity index (χ0) is 25.7. The molecule has 0 radical (unpaired) electrons. The van der Waals surface area contributed by atoms with Crippen molar-refractivity contribution in [3.8, 4) is 0 Å². The lowest BCUT2D eigenvalue weighted by Gasteiger charge is -2.25. The number of carboxylic acid groups (broad SMARTS) is 1. The molecule has 0 saturated heterocycles. The molecule has 0 aromatic heterocycles. The molecule has 0 rings (SSSR count). The second-order valence-corrected chi connectivity index (χ2v) is 8.88. The molecule has 12 heteroatoms. The van der Waals surface area contributed by atoms with Gasteiger partial charge in [0.2, 0.25) is 23.6 Å². The van der Waals surface area contributed by atoms with Gasteiger partial charge in [0.1, 0.15) is 18.1 Å². The van der Waals surface area contributed by atoms with Crippen LogP contribution >= 0.6 is 0 Å². The van der Waals surface area contributed by atoms with Crippen LogP contribution in [0.25, 0.3) is 0 Å². The Morgan fingerprint density at radius 3 is 1.79 bits per heavy atom. The van der Waals surface area contributed by atoms with Crippen LogP contribution in [0.15, 0.2) is 0 Å². The highest BCUT2D eigenvalue weighted by molar-refractivity contribution is 5.96. The summed E-state index contributed by atoms with van der Waals surface area (Å²) >= 11 is 0. The fraction of sp³-hybridized carbons (Fsp3) is 0.762. The molecule has 4 unspecified atom stereocenters. The molecular formula is C21H40N6O6. The molecule has 4 amide bonds. The van der Waals surface area contributed by atoms with E-state index in [0.29, 0.717) is 19.4 Å². The SMILES string of the molecule is CC(C)CC(NC(=O)C(CCCCN)NC(=O)C(CC(N)=O)NC(=O)C(N)C(C)C)C(=O)O. The van der Waals surface area contributed by atoms with Gasteiger partial charge < -0.3 is 38.3 Å². The van der Waals surface area contributed by atoms with Crippen LogP contribution in [0.2, 0.25) is 0 Å². The summed E-state index contributed by atoms with van der Waals surface area (Å²) in [5.41, 5.74) is 16.5. The average molecular weight is 473 g/mol. The van der Waals surface area contributed by atoms with Crippen molar-refractivity contribution in [2.45, 2.75) is 84.0 Å². The number of carbonyl (C=O) groups is 5. The molecule has 190 valence electrons. The molecule has 0 aliphatic rings. The van der Waals surface area contributed by atoms with Gasteiger partial charge in [0, 0.05) is 0 Å². The number of carbonyl (C=O) groups excluding carboxylic acids is 4. The Morgan fingerprint density at radius 2 is 1.33 bits per heavy atom. The maximum atomic E-state index is 12.9. The monoisotopic (exact) mass is 472 g/mol. The van der Waals surface area contributed by atoms with E-state index in [1.165, 1.54) is 0 Å². The van der Waals surface area contributed by atoms with E-state index in [0.717, 1.165) is 0 Å². The van der Waals surface area contributed by atoms with Crippen LogP contribution in [-0.4, -0.2) is 65.4 Å². The molecule has 0 aliphatic heterocycles. The number of amides is 4. The van der Waals surface area contributed by atoms with Crippen molar-refractivity contribution in [3.05, 3.63) is 0 Å². The minimum Gasteiger partial charge on any atom is -0.480 e. The van der Waals surface area contributed by atoms with Gasteiger partial charge in [-0.15, -0.1) is 0 Å². The number of nitrogens with two attached hydrogens (primary N) is 3. The maximum absolute atomic E-state index is 12.9. The van der Waals surface area contributed by atoms with Crippen LogP contribution in [0.4, 0.5) is 0 Å². The van der Waals surface area contributed by atoms with Gasteiger partial charge in [0.05, 0.1) is 12.5 Å². The lowest BCUT2D eigenvalue weighted by Crippen LogP contribution is -2.58. The van der Waals surface area contributed by atoms with Gasteiger partial charge in [-0.25, -0.2) is 4.79 Å². The summed E-state index contributed by atoms with van der Waals surface area (Å²) in [6.45, 7) is 7.46. The molecule has 0 aromatic carbocycles. The van der Waals surface area contributed by atoms with Crippen molar-refractivity contribution in [3.63, 3.8) is 0 Å². The third kappa shape index (κ3) is 12.2. The normalized spacial score (nSPS) is 14.8. The Labute approximate surface area is 194 Å². The molecule has 4 atom stereocenters. The molecular weight excluding hydrogens is 432 g/mol. The van der Waals surface area contributed by atoms with Gasteiger partial charge in [0.15, 0.2) is 0 Å². The second-order valence-electron chi connectivity index (χ2n) is 8.88. The molecule has 33 heavy (non-hydrogen) atoms. The first-order valence-electron chi connectivity index (χ1n) is 11.2. The van der Waals surface area contributed by atoms with Crippen LogP contribution in [0.1, 0.15) is 59.8 Å². The standard InChI is InChI=1S/C21H40N6O6/c1-11(2)9-15(21(32)33)27-18(29)13(7-5-6-8-22)25-19(30)14(10-16(23)28)26-20(31)17(24)12(3)4/h11-15,17H,5-10,22,24H2,1-4H3,(H2,23,28)(H,25,30)(H,26,31)(H,27,29)(H,32,33). The Balaban J connectivity index is 5.54. The lowest BCUT2D eigenvalue weighted by molar-refractivity contribution is -0.143. The third-order valence-electron chi connectivity index (χ3n) is 4.96. The van der Waals surface area contributed by atoms with E-state index in [-0.39, 0.29) is 24.7 Å². The maximum Gasteiger partial charge on any atom is 0.326 e. The van der Waals surface area contributed by atoms with Crippen LogP contribution in [0.3, 0.4) is 0 Å². The van der Waals surface area contributed by atoms with Gasteiger partial charge in [-0.2, -0.15) is 0 Å². The zero-order valence-electron chi connectivity index (χ0n) is 19.9. The summed E-state index contributed by atoms with van der Waals surface area (Å²) in [6, 6.07) is -4.47. The first-order valence-corrected chi connectivity index (χ1v) is 11.2. The highest BCUT2D eigenvalue weighted by Gasteiger charge is 2.31. The summed E-state index contributed by atoms with van der Waals surface area (Å²) in [4.78, 5) is 60.9. The molecule has 0 spiro atoms. The molecule has 0 fully saturated rings. The predicted octanol–water partition coefficient (Wildman–Crippen LogP) is -1.44. The zero-order valence-corrected chi connectivity index (χ0v) is 19.9. The van der Waals surface area contributed by atoms with Crippen molar-refractivity contribution < 1.29 is 29.1 Å². The van der Waals surface area contributed by atoms with Gasteiger partial charge in [-0.05, 0) is 44.1 Å². The number of rotatable bonds is 16. The number of carboxylic acids is 1. The highest BCUT2D eigenvalue weighted by Crippen LogP contribution is 2.08. The number of unbranched alkanes of at least 4 members (excludes halogenated alkanes) is 1. The van der Waals surface area contributed by atoms with Crippen molar-refractivity contribution in [1.29, 1.82) is 0 Å². The molecule has 0 aliphatic carbocycles. The quantitative estimate of drug-likeness (QED) is 0.131. The van der Waals surface area contributed by atoms with Crippen LogP contribution in [0.5, 0.6) is 0 Å². The minimum absolute atomic E-state index is 0.0111. The smallest absolute Gasteiger partial charge is 0.326 e. The van der Waals surface area contributed by atoms with E-state index in [4.69, 9.17) is 17.2 Å². The van der Waals surface area contributed by atoms with Gasteiger partial charge in [-0.1, -0.05) is 27.7 Å². The number of hydrogen-bond acceptors (Lipinski definition) is 7. The van der Waals surface area contributed by atoms with E-state index < -0.39 is 60.2 Å². The van der Waals surface area contributed by atoms with E-state index in [9.17, 15) is 29.1 Å². The molecule has 12 nitrogen and oxygen atoms in total. The highest BCUT2D eigenvalue weighted by atomic mass is 16.4. The van der Waals surface area contributed by atoms with Gasteiger partial charge >= 0.3 is 5.97 Å². The van der Waals surface area contributed by atoms with Crippen LogP contribution in [-0.2, 0) is 24.0 Å². The first kappa shape index (κ1) is 30.3. The molecule has 0 heterocycles. The number of primary amides is 1. The second kappa shape index (κ2) is 15.2. The number of aliphatic carboxylic acids is 1. The Bertz CT molecular complexity index is 684. The van der Waals surface area contributed by atoms with E-state index in [1.807, 2.05) is 13.8 Å². The van der Waals surface area contributed by atoms with Crippen molar-refractivity contribution >= 4 is 29.6 Å². The largest absolute Gasteiger partial charge is 0.480 e. The van der Waals surface area contributed by atoms with E-state index in [1.54, 1.807) is 13.8 Å². The first-order chi connectivity index (χ1) is 15.3. The Hall–Kier alpha value is -2.73. The van der Waals surface area contributed by atoms with E-state index >= 15 is 0 Å². The fourth-order valence-corrected chi connectivity index (χ4v) is 2.98. The molecule has 10 N–H and O–H groups in total. The van der Waals surface area contributed by atoms with Gasteiger partial charge in [0.25, 0.3) is 0 Å². The predicted molar refractivity (Wildman–Crippen MR) is 122 cm³/mol. The Morgan fingerprint density at radius 1 is 0.818 bits per heavy atom. The Kier molecular flexibility index (Phi) is 13.9. The van der Waals surface area contributed by atoms with Gasteiger partial charge in [-0.3, -0.25) is 19.2 Å². The summed E-state index contributed by atoms with van der Waals surface area (Å²) in [7, 11) is 0. The third-order valence-corrected chi connectivity index (χ3v) is 4.96. The average Bonchev–Trinajstić information content (AvgIpc) is 2.70. The topological polar surface area (TPSA) is 220 Å². The lowest BCUT2D eigenvalue weighted by atomic mass is 10.0. The summed E-state index contributed by atoms with van der Waals surface area (Å²) < 4.78 is 0. The fourth-order valence-electron chi connectivity index (χ4n) is 2.98. The molecule has 0 bridgehead atoms. The summed E-state index contributed by atoms with van der Waals surface area (Å²) in [6.07, 6.45) is 0.967. The molecule has 0 aromatic rings. The van der Waals surface area contributed by atoms with Crippen LogP contribution in [0, 0.1) is 11.8 Å². The number of nitrogens with one attached hydrogen (secondary N) is 3. The summed E-state index contributed by atoms with van der Waals surface area (Å²) in [5.74, 6) is -4.36. The van der Waals surface area contributed by atoms with E-state index in [2.05, 4.69) is 16.0 Å². The molecule has 0 saturated carbocycles. The van der Waals surface area contributed by atoms with Crippen LogP contribution < -0.4 is 33.2 Å².